The predicted molar refractivity (Wildman–Crippen MR) is 60.8 cm³/mol. The number of hydrogen-bond donors (Lipinski definition) is 0. The van der Waals surface area contributed by atoms with Gasteiger partial charge in [-0.3, -0.25) is 0 Å². The molecule has 0 spiro atoms. The van der Waals surface area contributed by atoms with Gasteiger partial charge in [-0.15, -0.1) is 0 Å². The topological polar surface area (TPSA) is 29.5 Å². The number of hydrogen-bond acceptors (Lipinski definition) is 2. The van der Waals surface area contributed by atoms with Crippen LogP contribution in [0.2, 0.25) is 0 Å². The second kappa shape index (κ2) is 6.49. The van der Waals surface area contributed by atoms with Crippen LogP contribution < -0.4 is 0 Å². The van der Waals surface area contributed by atoms with Crippen LogP contribution >= 0.6 is 0 Å². The summed E-state index contributed by atoms with van der Waals surface area (Å²) >= 11 is 0. The van der Waals surface area contributed by atoms with Gasteiger partial charge in [0.2, 0.25) is 0 Å². The highest BCUT2D eigenvalue weighted by Gasteiger charge is 2.14. The van der Waals surface area contributed by atoms with Crippen LogP contribution in [0.3, 0.4) is 0 Å². The number of carbonyl (C=O) groups excluding carboxylic acids is 1. The third-order valence-electron chi connectivity index (χ3n) is 2.33. The van der Waals surface area contributed by atoms with Crippen molar-refractivity contribution in [3.63, 3.8) is 0 Å². The van der Waals surface area contributed by atoms with E-state index in [1.54, 1.807) is 0 Å². The summed E-state index contributed by atoms with van der Waals surface area (Å²) in [4.78, 5) is 13.5. The molecule has 15 heavy (non-hydrogen) atoms. The highest BCUT2D eigenvalue weighted by atomic mass is 16.6. The molecule has 86 valence electrons. The molecule has 0 aliphatic carbocycles. The Hall–Kier alpha value is -0.990. The van der Waals surface area contributed by atoms with Crippen LogP contribution in [0.4, 0.5) is 4.79 Å². The van der Waals surface area contributed by atoms with Gasteiger partial charge in [0.25, 0.3) is 0 Å². The van der Waals surface area contributed by atoms with E-state index in [0.717, 1.165) is 32.4 Å². The number of ether oxygens (including phenoxy) is 1. The lowest BCUT2D eigenvalue weighted by atomic mass is 10.2. The van der Waals surface area contributed by atoms with Crippen molar-refractivity contribution in [1.29, 1.82) is 0 Å². The van der Waals surface area contributed by atoms with Crippen LogP contribution in [0.25, 0.3) is 0 Å². The molecule has 1 heterocycles. The number of carbonyl (C=O) groups is 1. The zero-order chi connectivity index (χ0) is 11.1. The first-order valence-electron chi connectivity index (χ1n) is 5.77. The van der Waals surface area contributed by atoms with Crippen molar-refractivity contribution in [3.8, 4) is 0 Å². The molecule has 3 nitrogen and oxygen atoms in total. The van der Waals surface area contributed by atoms with Crippen molar-refractivity contribution in [2.45, 2.75) is 33.1 Å². The SMILES string of the molecule is CC(C)COC(=O)N1CC/C=C/CCC1. The van der Waals surface area contributed by atoms with Gasteiger partial charge in [0.05, 0.1) is 6.61 Å². The van der Waals surface area contributed by atoms with Crippen LogP contribution in [0.1, 0.15) is 33.1 Å². The maximum atomic E-state index is 11.6. The van der Waals surface area contributed by atoms with Crippen LogP contribution in [-0.4, -0.2) is 30.7 Å². The first-order valence-corrected chi connectivity index (χ1v) is 5.77. The zero-order valence-corrected chi connectivity index (χ0v) is 9.74. The molecule has 0 radical (unpaired) electrons. The predicted octanol–water partition coefficient (Wildman–Crippen LogP) is 2.82. The van der Waals surface area contributed by atoms with Crippen molar-refractivity contribution in [2.75, 3.05) is 19.7 Å². The van der Waals surface area contributed by atoms with Crippen molar-refractivity contribution in [2.24, 2.45) is 5.92 Å². The molecule has 1 rings (SSSR count). The molecule has 0 N–H and O–H groups in total. The Balaban J connectivity index is 2.33. The van der Waals surface area contributed by atoms with Crippen LogP contribution in [-0.2, 0) is 4.74 Å². The molecule has 0 aromatic carbocycles. The number of amides is 1. The molecule has 0 bridgehead atoms. The Morgan fingerprint density at radius 3 is 2.80 bits per heavy atom. The van der Waals surface area contributed by atoms with Gasteiger partial charge in [0.15, 0.2) is 0 Å². The van der Waals surface area contributed by atoms with E-state index >= 15 is 0 Å². The average Bonchev–Trinajstić information content (AvgIpc) is 2.13. The van der Waals surface area contributed by atoms with E-state index in [9.17, 15) is 4.79 Å². The van der Waals surface area contributed by atoms with Gasteiger partial charge in [-0.2, -0.15) is 0 Å². The van der Waals surface area contributed by atoms with Gasteiger partial charge in [0.1, 0.15) is 0 Å². The van der Waals surface area contributed by atoms with Crippen LogP contribution in [0.5, 0.6) is 0 Å². The second-order valence-electron chi connectivity index (χ2n) is 4.36. The van der Waals surface area contributed by atoms with E-state index in [4.69, 9.17) is 4.74 Å². The van der Waals surface area contributed by atoms with E-state index in [1.165, 1.54) is 0 Å². The Bertz CT molecular complexity index is 224. The molecule has 0 saturated carbocycles. The highest BCUT2D eigenvalue weighted by Crippen LogP contribution is 2.06. The number of rotatable bonds is 2. The Morgan fingerprint density at radius 2 is 2.07 bits per heavy atom. The first kappa shape index (κ1) is 12.1. The average molecular weight is 211 g/mol. The molecule has 0 unspecified atom stereocenters. The van der Waals surface area contributed by atoms with E-state index in [-0.39, 0.29) is 6.09 Å². The highest BCUT2D eigenvalue weighted by molar-refractivity contribution is 5.67. The van der Waals surface area contributed by atoms with Crippen molar-refractivity contribution >= 4 is 6.09 Å². The monoisotopic (exact) mass is 211 g/mol. The molecule has 0 saturated heterocycles. The Labute approximate surface area is 92.1 Å². The molecule has 1 amide bonds. The summed E-state index contributed by atoms with van der Waals surface area (Å²) in [6.07, 6.45) is 7.22. The van der Waals surface area contributed by atoms with Crippen molar-refractivity contribution in [3.05, 3.63) is 12.2 Å². The van der Waals surface area contributed by atoms with Crippen molar-refractivity contribution < 1.29 is 9.53 Å². The molecule has 0 aromatic rings. The maximum absolute atomic E-state index is 11.6. The van der Waals surface area contributed by atoms with E-state index < -0.39 is 0 Å². The van der Waals surface area contributed by atoms with Gasteiger partial charge in [-0.1, -0.05) is 26.0 Å². The van der Waals surface area contributed by atoms with Crippen LogP contribution in [0, 0.1) is 5.92 Å². The summed E-state index contributed by atoms with van der Waals surface area (Å²) in [5, 5.41) is 0. The minimum Gasteiger partial charge on any atom is -0.449 e. The molecule has 0 aromatic heterocycles. The summed E-state index contributed by atoms with van der Waals surface area (Å²) in [7, 11) is 0. The lowest BCUT2D eigenvalue weighted by Gasteiger charge is -2.23. The molecule has 0 atom stereocenters. The molecule has 0 fully saturated rings. The third-order valence-corrected chi connectivity index (χ3v) is 2.33. The first-order chi connectivity index (χ1) is 7.20. The molecular formula is C12H21NO2. The lowest BCUT2D eigenvalue weighted by Crippen LogP contribution is -2.34. The summed E-state index contributed by atoms with van der Waals surface area (Å²) < 4.78 is 5.20. The fourth-order valence-electron chi connectivity index (χ4n) is 1.49. The van der Waals surface area contributed by atoms with Gasteiger partial charge >= 0.3 is 6.09 Å². The lowest BCUT2D eigenvalue weighted by molar-refractivity contribution is 0.0919. The standard InChI is InChI=1S/C12H21NO2/c1-11(2)10-15-12(14)13-8-6-4-3-5-7-9-13/h3-4,11H,5-10H2,1-2H3/b4-3+. The normalized spacial score (nSPS) is 19.5. The minimum atomic E-state index is -0.154. The number of nitrogens with zero attached hydrogens (tertiary/aromatic N) is 1. The minimum absolute atomic E-state index is 0.154. The molecule has 3 heteroatoms. The smallest absolute Gasteiger partial charge is 0.409 e. The van der Waals surface area contributed by atoms with E-state index in [2.05, 4.69) is 12.2 Å². The summed E-state index contributed by atoms with van der Waals surface area (Å²) in [6, 6.07) is 0. The summed E-state index contributed by atoms with van der Waals surface area (Å²) in [6.45, 7) is 6.22. The fraction of sp³-hybridized carbons (Fsp3) is 0.750. The largest absolute Gasteiger partial charge is 0.449 e. The molecular weight excluding hydrogens is 190 g/mol. The van der Waals surface area contributed by atoms with Gasteiger partial charge in [0, 0.05) is 13.1 Å². The maximum Gasteiger partial charge on any atom is 0.409 e. The fourth-order valence-corrected chi connectivity index (χ4v) is 1.49. The van der Waals surface area contributed by atoms with Crippen LogP contribution in [0.15, 0.2) is 12.2 Å². The Kier molecular flexibility index (Phi) is 5.22. The third kappa shape index (κ3) is 4.86. The summed E-state index contributed by atoms with van der Waals surface area (Å²) in [5.41, 5.74) is 0. The molecule has 1 aliphatic heterocycles. The quantitative estimate of drug-likeness (QED) is 0.657. The zero-order valence-electron chi connectivity index (χ0n) is 9.74. The second-order valence-corrected chi connectivity index (χ2v) is 4.36. The summed E-state index contributed by atoms with van der Waals surface area (Å²) in [5.74, 6) is 0.406. The van der Waals surface area contributed by atoms with Gasteiger partial charge in [-0.25, -0.2) is 4.79 Å². The number of allylic oxidation sites excluding steroid dienone is 1. The van der Waals surface area contributed by atoms with Gasteiger partial charge < -0.3 is 9.64 Å². The van der Waals surface area contributed by atoms with Crippen molar-refractivity contribution in [1.82, 2.24) is 4.90 Å². The van der Waals surface area contributed by atoms with E-state index in [1.807, 2.05) is 18.7 Å². The van der Waals surface area contributed by atoms with Gasteiger partial charge in [-0.05, 0) is 25.2 Å². The Morgan fingerprint density at radius 1 is 1.33 bits per heavy atom. The molecule has 1 aliphatic rings. The van der Waals surface area contributed by atoms with E-state index in [0.29, 0.717) is 12.5 Å².